The van der Waals surface area contributed by atoms with E-state index in [0.29, 0.717) is 21.0 Å². The number of hydrogen-bond donors (Lipinski definition) is 0. The van der Waals surface area contributed by atoms with Crippen LogP contribution in [0.2, 0.25) is 0 Å². The van der Waals surface area contributed by atoms with Crippen molar-refractivity contribution in [1.82, 2.24) is 14.5 Å². The normalized spacial score (nSPS) is 18.9. The van der Waals surface area contributed by atoms with Crippen molar-refractivity contribution >= 4 is 29.4 Å². The molecule has 1 aromatic heterocycles. The molecule has 1 atom stereocenters. The largest absolute Gasteiger partial charge is 0.342 e. The van der Waals surface area contributed by atoms with Gasteiger partial charge in [0.1, 0.15) is 5.82 Å². The van der Waals surface area contributed by atoms with Crippen molar-refractivity contribution in [3.63, 3.8) is 0 Å². The molecule has 0 unspecified atom stereocenters. The molecular formula is C20H22FN3O2S2. The number of amides is 1. The van der Waals surface area contributed by atoms with Gasteiger partial charge >= 0.3 is 0 Å². The average Bonchev–Trinajstić information content (AvgIpc) is 3.08. The molecule has 148 valence electrons. The van der Waals surface area contributed by atoms with Gasteiger partial charge in [0.25, 0.3) is 5.56 Å². The molecule has 0 radical (unpaired) electrons. The average molecular weight is 420 g/mol. The SMILES string of the molecule is C[C@H]1Cc2nc(SCC(=O)N3CCCCC3)n(-c3ccc(F)cc3)c(=O)c2S1. The van der Waals surface area contributed by atoms with E-state index >= 15 is 0 Å². The number of carbonyl (C=O) groups is 1. The Morgan fingerprint density at radius 1 is 1.25 bits per heavy atom. The molecule has 28 heavy (non-hydrogen) atoms. The number of benzene rings is 1. The van der Waals surface area contributed by atoms with Crippen LogP contribution in [-0.2, 0) is 11.2 Å². The highest BCUT2D eigenvalue weighted by atomic mass is 32.2. The van der Waals surface area contributed by atoms with Crippen molar-refractivity contribution in [2.75, 3.05) is 18.8 Å². The third-order valence-electron chi connectivity index (χ3n) is 5.00. The van der Waals surface area contributed by atoms with Crippen molar-refractivity contribution in [1.29, 1.82) is 0 Å². The molecule has 0 bridgehead atoms. The predicted octanol–water partition coefficient (Wildman–Crippen LogP) is 3.51. The lowest BCUT2D eigenvalue weighted by molar-refractivity contribution is -0.129. The number of halogens is 1. The van der Waals surface area contributed by atoms with Crippen LogP contribution in [0.1, 0.15) is 31.9 Å². The van der Waals surface area contributed by atoms with Gasteiger partial charge in [0, 0.05) is 24.8 Å². The topological polar surface area (TPSA) is 55.2 Å². The third kappa shape index (κ3) is 3.98. The fraction of sp³-hybridized carbons (Fsp3) is 0.450. The first-order chi connectivity index (χ1) is 13.5. The molecule has 1 amide bonds. The molecule has 2 aliphatic heterocycles. The van der Waals surface area contributed by atoms with Crippen molar-refractivity contribution in [3.05, 3.63) is 46.1 Å². The van der Waals surface area contributed by atoms with Crippen molar-refractivity contribution in [2.24, 2.45) is 0 Å². The summed E-state index contributed by atoms with van der Waals surface area (Å²) in [5.41, 5.74) is 1.22. The Kier molecular flexibility index (Phi) is 5.78. The fourth-order valence-electron chi connectivity index (χ4n) is 3.58. The van der Waals surface area contributed by atoms with Gasteiger partial charge in [-0.15, -0.1) is 11.8 Å². The molecule has 3 heterocycles. The monoisotopic (exact) mass is 419 g/mol. The highest BCUT2D eigenvalue weighted by Crippen LogP contribution is 2.35. The highest BCUT2D eigenvalue weighted by Gasteiger charge is 2.27. The van der Waals surface area contributed by atoms with Crippen LogP contribution in [0.5, 0.6) is 0 Å². The van der Waals surface area contributed by atoms with Crippen LogP contribution in [0.15, 0.2) is 39.1 Å². The summed E-state index contributed by atoms with van der Waals surface area (Å²) in [5.74, 6) is -0.0361. The first-order valence-electron chi connectivity index (χ1n) is 9.52. The summed E-state index contributed by atoms with van der Waals surface area (Å²) in [6.45, 7) is 3.67. The molecule has 5 nitrogen and oxygen atoms in total. The first kappa shape index (κ1) is 19.5. The first-order valence-corrected chi connectivity index (χ1v) is 11.4. The minimum atomic E-state index is -0.358. The number of piperidine rings is 1. The molecule has 0 spiro atoms. The lowest BCUT2D eigenvalue weighted by Crippen LogP contribution is -2.37. The maximum absolute atomic E-state index is 13.4. The van der Waals surface area contributed by atoms with Crippen LogP contribution in [0.25, 0.3) is 5.69 Å². The minimum Gasteiger partial charge on any atom is -0.342 e. The van der Waals surface area contributed by atoms with E-state index in [1.807, 2.05) is 4.90 Å². The van der Waals surface area contributed by atoms with Crippen LogP contribution in [0.4, 0.5) is 4.39 Å². The van der Waals surface area contributed by atoms with Crippen LogP contribution in [0, 0.1) is 5.82 Å². The number of carbonyl (C=O) groups excluding carboxylic acids is 1. The summed E-state index contributed by atoms with van der Waals surface area (Å²) in [5, 5.41) is 0.794. The van der Waals surface area contributed by atoms with Gasteiger partial charge in [-0.3, -0.25) is 14.2 Å². The Balaban J connectivity index is 1.66. The number of aromatic nitrogens is 2. The molecule has 0 aliphatic carbocycles. The van der Waals surface area contributed by atoms with Crippen molar-refractivity contribution in [3.8, 4) is 5.69 Å². The van der Waals surface area contributed by atoms with Gasteiger partial charge in [-0.25, -0.2) is 9.37 Å². The summed E-state index contributed by atoms with van der Waals surface area (Å²) < 4.78 is 14.9. The van der Waals surface area contributed by atoms with Gasteiger partial charge in [-0.05, 0) is 43.5 Å². The van der Waals surface area contributed by atoms with Crippen LogP contribution < -0.4 is 5.56 Å². The lowest BCUT2D eigenvalue weighted by Gasteiger charge is -2.26. The Hall–Kier alpha value is -1.80. The molecule has 1 fully saturated rings. The third-order valence-corrected chi connectivity index (χ3v) is 7.14. The number of hydrogen-bond acceptors (Lipinski definition) is 5. The minimum absolute atomic E-state index is 0.0767. The van der Waals surface area contributed by atoms with Crippen molar-refractivity contribution < 1.29 is 9.18 Å². The Bertz CT molecular complexity index is 940. The van der Waals surface area contributed by atoms with E-state index in [2.05, 4.69) is 6.92 Å². The predicted molar refractivity (Wildman–Crippen MR) is 110 cm³/mol. The van der Waals surface area contributed by atoms with Gasteiger partial charge in [0.15, 0.2) is 5.16 Å². The number of fused-ring (bicyclic) bond motifs is 1. The van der Waals surface area contributed by atoms with Gasteiger partial charge < -0.3 is 4.90 Å². The van der Waals surface area contributed by atoms with E-state index in [9.17, 15) is 14.0 Å². The number of thioether (sulfide) groups is 2. The second-order valence-corrected chi connectivity index (χ2v) is 9.54. The summed E-state index contributed by atoms with van der Waals surface area (Å²) in [6.07, 6.45) is 4.00. The molecule has 0 saturated carbocycles. The second kappa shape index (κ2) is 8.29. The van der Waals surface area contributed by atoms with Crippen LogP contribution >= 0.6 is 23.5 Å². The van der Waals surface area contributed by atoms with E-state index in [0.717, 1.165) is 38.0 Å². The van der Waals surface area contributed by atoms with E-state index in [-0.39, 0.29) is 23.0 Å². The molecular weight excluding hydrogens is 397 g/mol. The van der Waals surface area contributed by atoms with Crippen LogP contribution in [0.3, 0.4) is 0 Å². The molecule has 2 aromatic rings. The molecule has 1 aromatic carbocycles. The second-order valence-electron chi connectivity index (χ2n) is 7.15. The van der Waals surface area contributed by atoms with Gasteiger partial charge in [-0.2, -0.15) is 0 Å². The Labute approximate surface area is 171 Å². The maximum atomic E-state index is 13.4. The number of rotatable bonds is 4. The zero-order chi connectivity index (χ0) is 19.7. The number of nitrogens with zero attached hydrogens (tertiary/aromatic N) is 3. The summed E-state index contributed by atoms with van der Waals surface area (Å²) in [4.78, 5) is 33.0. The zero-order valence-corrected chi connectivity index (χ0v) is 17.3. The summed E-state index contributed by atoms with van der Waals surface area (Å²) in [7, 11) is 0. The molecule has 0 N–H and O–H groups in total. The van der Waals surface area contributed by atoms with E-state index in [1.54, 1.807) is 12.1 Å². The molecule has 1 saturated heterocycles. The zero-order valence-electron chi connectivity index (χ0n) is 15.7. The molecule has 4 rings (SSSR count). The van der Waals surface area contributed by atoms with E-state index < -0.39 is 0 Å². The van der Waals surface area contributed by atoms with Gasteiger partial charge in [-0.1, -0.05) is 18.7 Å². The van der Waals surface area contributed by atoms with Gasteiger partial charge in [0.2, 0.25) is 5.91 Å². The van der Waals surface area contributed by atoms with Crippen LogP contribution in [-0.4, -0.2) is 44.5 Å². The smallest absolute Gasteiger partial charge is 0.272 e. The highest BCUT2D eigenvalue weighted by molar-refractivity contribution is 8.00. The Morgan fingerprint density at radius 2 is 1.96 bits per heavy atom. The van der Waals surface area contributed by atoms with Gasteiger partial charge in [0.05, 0.1) is 22.0 Å². The maximum Gasteiger partial charge on any atom is 0.272 e. The molecule has 8 heteroatoms. The van der Waals surface area contributed by atoms with E-state index in [1.165, 1.54) is 46.6 Å². The van der Waals surface area contributed by atoms with E-state index in [4.69, 9.17) is 4.98 Å². The quantitative estimate of drug-likeness (QED) is 0.561. The molecule has 2 aliphatic rings. The standard InChI is InChI=1S/C20H22FN3O2S2/c1-13-11-16-18(28-13)19(26)24(15-7-5-14(21)6-8-15)20(22-16)27-12-17(25)23-9-3-2-4-10-23/h5-8,13H,2-4,9-12H2,1H3/t13-/m0/s1. The Morgan fingerprint density at radius 3 is 2.68 bits per heavy atom. The number of likely N-dealkylation sites (tertiary alicyclic amines) is 1. The summed E-state index contributed by atoms with van der Waals surface area (Å²) >= 11 is 2.82. The van der Waals surface area contributed by atoms with Crippen molar-refractivity contribution in [2.45, 2.75) is 47.9 Å². The summed E-state index contributed by atoms with van der Waals surface area (Å²) in [6, 6.07) is 5.81. The lowest BCUT2D eigenvalue weighted by atomic mass is 10.1. The fourth-order valence-corrected chi connectivity index (χ4v) is 5.60.